The quantitative estimate of drug-likeness (QED) is 0.312. The van der Waals surface area contributed by atoms with Gasteiger partial charge in [-0.25, -0.2) is 0 Å². The van der Waals surface area contributed by atoms with Crippen LogP contribution in [0.4, 0.5) is 0 Å². The van der Waals surface area contributed by atoms with E-state index >= 15 is 0 Å². The predicted molar refractivity (Wildman–Crippen MR) is 159 cm³/mol. The van der Waals surface area contributed by atoms with E-state index in [1.807, 2.05) is 24.2 Å². The summed E-state index contributed by atoms with van der Waals surface area (Å²) in [6.45, 7) is 11.7. The van der Waals surface area contributed by atoms with Gasteiger partial charge in [0.1, 0.15) is 0 Å². The average molecular weight is 539 g/mol. The van der Waals surface area contributed by atoms with Gasteiger partial charge < -0.3 is 0 Å². The molecule has 8 atom stereocenters. The van der Waals surface area contributed by atoms with Crippen LogP contribution < -0.4 is 20.7 Å². The second kappa shape index (κ2) is 13.0. The van der Waals surface area contributed by atoms with Gasteiger partial charge in [-0.15, -0.1) is 5.92 Å². The van der Waals surface area contributed by atoms with Gasteiger partial charge in [0.25, 0.3) is 0 Å². The second-order valence-electron chi connectivity index (χ2n) is 13.1. The van der Waals surface area contributed by atoms with Gasteiger partial charge in [0.15, 0.2) is 0 Å². The van der Waals surface area contributed by atoms with Crippen LogP contribution in [0.15, 0.2) is 24.4 Å². The molecule has 210 valence electrons. The number of aromatic nitrogens is 1. The molecule has 6 unspecified atom stereocenters. The lowest BCUT2D eigenvalue weighted by Crippen LogP contribution is -2.61. The molecular weight excluding hydrogens is 488 g/mol. The summed E-state index contributed by atoms with van der Waals surface area (Å²) < 4.78 is 3.82. The van der Waals surface area contributed by atoms with Gasteiger partial charge in [-0.2, -0.15) is 0 Å². The minimum absolute atomic E-state index is 0.185. The maximum Gasteiger partial charge on any atom is 0.0701 e. The van der Waals surface area contributed by atoms with Gasteiger partial charge in [0.2, 0.25) is 0 Å². The zero-order valence-electron chi connectivity index (χ0n) is 24.0. The zero-order chi connectivity index (χ0) is 26.5. The molecule has 6 nitrogen and oxygen atoms in total. The van der Waals surface area contributed by atoms with Gasteiger partial charge in [-0.1, -0.05) is 37.8 Å². The second-order valence-corrected chi connectivity index (χ2v) is 14.2. The standard InChI is InChI=1S/C31H50N6S/c1-22(2)9-7-10-25-16-15-24-20-33-38-29-13-8-12-28(36-29)35-27(26-11-5-6-18-32-26)17-14-23-19-31(3,4)37(21-23)30(24)34-25/h5-6,11,18,22-25,27-30,33-36H,8-9,12-17,19-21H2,1-4H3/t23-,24?,25?,27+,28?,29?,30?/m0/s1. The van der Waals surface area contributed by atoms with Crippen LogP contribution in [0, 0.1) is 29.6 Å². The first kappa shape index (κ1) is 28.4. The Morgan fingerprint density at radius 2 is 1.97 bits per heavy atom. The lowest BCUT2D eigenvalue weighted by Gasteiger charge is -2.46. The van der Waals surface area contributed by atoms with E-state index in [1.165, 1.54) is 50.8 Å². The van der Waals surface area contributed by atoms with Gasteiger partial charge in [0, 0.05) is 37.2 Å². The molecule has 7 heteroatoms. The van der Waals surface area contributed by atoms with E-state index in [0.717, 1.165) is 25.8 Å². The summed E-state index contributed by atoms with van der Waals surface area (Å²) in [5, 5.41) is 12.4. The lowest BCUT2D eigenvalue weighted by molar-refractivity contribution is 0.0302. The predicted octanol–water partition coefficient (Wildman–Crippen LogP) is 5.01. The molecular formula is C31H50N6S. The first-order valence-corrected chi connectivity index (χ1v) is 16.1. The monoisotopic (exact) mass is 538 g/mol. The normalized spacial score (nSPS) is 37.8. The Morgan fingerprint density at radius 3 is 2.79 bits per heavy atom. The molecule has 5 rings (SSSR count). The van der Waals surface area contributed by atoms with Crippen molar-refractivity contribution in [1.29, 1.82) is 0 Å². The van der Waals surface area contributed by atoms with Crippen molar-refractivity contribution in [2.75, 3.05) is 13.1 Å². The molecule has 4 N–H and O–H groups in total. The van der Waals surface area contributed by atoms with Gasteiger partial charge in [-0.3, -0.25) is 30.6 Å². The molecule has 4 fully saturated rings. The molecule has 4 aliphatic heterocycles. The summed E-state index contributed by atoms with van der Waals surface area (Å²) in [7, 11) is 0. The highest BCUT2D eigenvalue weighted by Crippen LogP contribution is 2.40. The van der Waals surface area contributed by atoms with Crippen molar-refractivity contribution in [3.63, 3.8) is 0 Å². The summed E-state index contributed by atoms with van der Waals surface area (Å²) in [6.07, 6.45) is 13.3. The molecule has 0 spiro atoms. The largest absolute Gasteiger partial charge is 0.293 e. The summed E-state index contributed by atoms with van der Waals surface area (Å²) in [5.41, 5.74) is 1.36. The summed E-state index contributed by atoms with van der Waals surface area (Å²) in [4.78, 5) is 7.58. The van der Waals surface area contributed by atoms with Crippen LogP contribution in [0.1, 0.15) is 97.2 Å². The first-order chi connectivity index (χ1) is 18.4. The fourth-order valence-corrected chi connectivity index (χ4v) is 8.07. The minimum Gasteiger partial charge on any atom is -0.293 e. The Kier molecular flexibility index (Phi) is 9.73. The highest BCUT2D eigenvalue weighted by atomic mass is 32.2. The lowest BCUT2D eigenvalue weighted by atomic mass is 9.88. The Morgan fingerprint density at radius 1 is 1.08 bits per heavy atom. The molecule has 0 amide bonds. The van der Waals surface area contributed by atoms with E-state index in [1.54, 1.807) is 0 Å². The first-order valence-electron chi connectivity index (χ1n) is 15.2. The van der Waals surface area contributed by atoms with E-state index in [9.17, 15) is 0 Å². The smallest absolute Gasteiger partial charge is 0.0701 e. The van der Waals surface area contributed by atoms with Crippen LogP contribution in [0.3, 0.4) is 0 Å². The maximum atomic E-state index is 4.77. The SMILES string of the molecule is CC(C)CC#CC1CCC2CNSC3CCCC(N3)N[C@@H](c3ccccn3)CC[C@@H]3CN(C2N1)C(C)(C)C3. The zero-order valence-corrected chi connectivity index (χ0v) is 24.8. The Hall–Kier alpha value is -1.14. The Labute approximate surface area is 235 Å². The van der Waals surface area contributed by atoms with Crippen LogP contribution >= 0.6 is 11.9 Å². The van der Waals surface area contributed by atoms with Crippen molar-refractivity contribution in [1.82, 2.24) is 30.6 Å². The molecule has 0 saturated carbocycles. The molecule has 1 aromatic rings. The number of piperidine rings is 2. The number of rotatable bonds is 2. The van der Waals surface area contributed by atoms with Crippen LogP contribution in [-0.4, -0.2) is 52.3 Å². The third kappa shape index (κ3) is 7.33. The van der Waals surface area contributed by atoms with E-state index in [4.69, 9.17) is 4.98 Å². The van der Waals surface area contributed by atoms with Crippen molar-refractivity contribution >= 4 is 11.9 Å². The molecule has 0 aliphatic carbocycles. The van der Waals surface area contributed by atoms with Crippen LogP contribution in [-0.2, 0) is 0 Å². The van der Waals surface area contributed by atoms with Gasteiger partial charge in [0.05, 0.1) is 35.5 Å². The maximum absolute atomic E-state index is 4.77. The van der Waals surface area contributed by atoms with Crippen molar-refractivity contribution in [3.8, 4) is 11.8 Å². The summed E-state index contributed by atoms with van der Waals surface area (Å²) in [6, 6.07) is 6.95. The molecule has 4 aliphatic rings. The van der Waals surface area contributed by atoms with Crippen LogP contribution in [0.2, 0.25) is 0 Å². The van der Waals surface area contributed by atoms with Crippen molar-refractivity contribution in [2.45, 2.75) is 121 Å². The van der Waals surface area contributed by atoms with E-state index in [-0.39, 0.29) is 11.6 Å². The molecule has 1 aromatic heterocycles. The fourth-order valence-electron chi connectivity index (χ4n) is 7.04. The van der Waals surface area contributed by atoms with E-state index in [2.05, 4.69) is 77.2 Å². The van der Waals surface area contributed by atoms with Crippen LogP contribution in [0.25, 0.3) is 0 Å². The number of hydrogen-bond acceptors (Lipinski definition) is 7. The topological polar surface area (TPSA) is 64.2 Å². The summed E-state index contributed by atoms with van der Waals surface area (Å²) in [5.74, 6) is 9.00. The van der Waals surface area contributed by atoms with E-state index < -0.39 is 0 Å². The minimum atomic E-state index is 0.185. The van der Waals surface area contributed by atoms with Crippen molar-refractivity contribution in [2.24, 2.45) is 17.8 Å². The number of hydrogen-bond donors (Lipinski definition) is 4. The molecule has 4 saturated heterocycles. The fraction of sp³-hybridized carbons (Fsp3) is 0.774. The third-order valence-electron chi connectivity index (χ3n) is 9.02. The Balaban J connectivity index is 1.36. The van der Waals surface area contributed by atoms with Gasteiger partial charge >= 0.3 is 0 Å². The van der Waals surface area contributed by atoms with E-state index in [0.29, 0.717) is 41.5 Å². The Bertz CT molecular complexity index is 943. The highest BCUT2D eigenvalue weighted by molar-refractivity contribution is 7.98. The van der Waals surface area contributed by atoms with Crippen molar-refractivity contribution < 1.29 is 0 Å². The highest BCUT2D eigenvalue weighted by Gasteiger charge is 2.46. The number of fused-ring (bicyclic) bond motifs is 6. The molecule has 4 bridgehead atoms. The molecule has 38 heavy (non-hydrogen) atoms. The number of nitrogens with zero attached hydrogens (tertiary/aromatic N) is 2. The molecule has 0 radical (unpaired) electrons. The average Bonchev–Trinajstić information content (AvgIpc) is 3.21. The number of nitrogens with one attached hydrogen (secondary N) is 4. The van der Waals surface area contributed by atoms with Crippen LogP contribution in [0.5, 0.6) is 0 Å². The van der Waals surface area contributed by atoms with Crippen molar-refractivity contribution in [3.05, 3.63) is 30.1 Å². The molecule has 0 aromatic carbocycles. The van der Waals surface area contributed by atoms with Gasteiger partial charge in [-0.05, 0) is 89.2 Å². The number of pyridine rings is 1. The molecule has 5 heterocycles. The summed E-state index contributed by atoms with van der Waals surface area (Å²) >= 11 is 1.91. The third-order valence-corrected chi connectivity index (χ3v) is 10.0.